The van der Waals surface area contributed by atoms with Crippen molar-refractivity contribution in [3.63, 3.8) is 0 Å². The summed E-state index contributed by atoms with van der Waals surface area (Å²) in [5.41, 5.74) is 3.15. The van der Waals surface area contributed by atoms with E-state index in [0.29, 0.717) is 28.6 Å². The predicted octanol–water partition coefficient (Wildman–Crippen LogP) is 3.36. The number of carbonyl (C=O) groups is 1. The zero-order valence-electron chi connectivity index (χ0n) is 14.7. The molecule has 138 valence electrons. The molecular formula is C19H16ClFN4O2. The Morgan fingerprint density at radius 1 is 1.26 bits per heavy atom. The van der Waals surface area contributed by atoms with Crippen LogP contribution in [0, 0.1) is 5.82 Å². The van der Waals surface area contributed by atoms with Gasteiger partial charge >= 0.3 is 0 Å². The van der Waals surface area contributed by atoms with E-state index in [1.165, 1.54) is 22.9 Å². The van der Waals surface area contributed by atoms with Crippen LogP contribution in [0.15, 0.2) is 52.4 Å². The number of halogens is 2. The average molecular weight is 387 g/mol. The van der Waals surface area contributed by atoms with E-state index in [4.69, 9.17) is 11.6 Å². The van der Waals surface area contributed by atoms with Crippen LogP contribution in [0.3, 0.4) is 0 Å². The Hall–Kier alpha value is -3.06. The van der Waals surface area contributed by atoms with Crippen LogP contribution >= 0.6 is 11.6 Å². The quantitative estimate of drug-likeness (QED) is 0.551. The lowest BCUT2D eigenvalue weighted by molar-refractivity contribution is 0.0949. The summed E-state index contributed by atoms with van der Waals surface area (Å²) in [5, 5.41) is 9.21. The summed E-state index contributed by atoms with van der Waals surface area (Å²) >= 11 is 6.01. The van der Waals surface area contributed by atoms with Crippen LogP contribution in [0.25, 0.3) is 10.8 Å². The average Bonchev–Trinajstić information content (AvgIpc) is 2.66. The summed E-state index contributed by atoms with van der Waals surface area (Å²) in [7, 11) is 0. The van der Waals surface area contributed by atoms with Crippen molar-refractivity contribution < 1.29 is 9.18 Å². The fourth-order valence-corrected chi connectivity index (χ4v) is 2.95. The highest BCUT2D eigenvalue weighted by Crippen LogP contribution is 2.18. The molecule has 1 aromatic heterocycles. The lowest BCUT2D eigenvalue weighted by atomic mass is 10.1. The van der Waals surface area contributed by atoms with E-state index < -0.39 is 11.7 Å². The first-order valence-electron chi connectivity index (χ1n) is 8.22. The minimum atomic E-state index is -0.564. The zero-order chi connectivity index (χ0) is 19.6. The normalized spacial score (nSPS) is 11.6. The third-order valence-electron chi connectivity index (χ3n) is 4.03. The van der Waals surface area contributed by atoms with Crippen LogP contribution in [0.4, 0.5) is 4.39 Å². The third-order valence-corrected chi connectivity index (χ3v) is 4.34. The van der Waals surface area contributed by atoms with Crippen LogP contribution in [0.2, 0.25) is 5.02 Å². The number of hydrazone groups is 1. The number of aromatic nitrogens is 2. The van der Waals surface area contributed by atoms with Gasteiger partial charge in [0.1, 0.15) is 5.82 Å². The van der Waals surface area contributed by atoms with Gasteiger partial charge in [-0.05, 0) is 38.1 Å². The molecule has 0 unspecified atom stereocenters. The molecule has 3 aromatic rings. The van der Waals surface area contributed by atoms with Crippen molar-refractivity contribution >= 4 is 34.0 Å². The number of hydrogen-bond donors (Lipinski definition) is 1. The number of amides is 1. The van der Waals surface area contributed by atoms with Crippen molar-refractivity contribution in [3.8, 4) is 0 Å². The Morgan fingerprint density at radius 2 is 1.96 bits per heavy atom. The summed E-state index contributed by atoms with van der Waals surface area (Å²) in [6, 6.07) is 10.7. The Balaban J connectivity index is 1.97. The summed E-state index contributed by atoms with van der Waals surface area (Å²) in [5.74, 6) is -1.02. The Kier molecular flexibility index (Phi) is 5.32. The molecular weight excluding hydrogens is 371 g/mol. The van der Waals surface area contributed by atoms with Crippen molar-refractivity contribution in [2.75, 3.05) is 0 Å². The molecule has 3 rings (SSSR count). The van der Waals surface area contributed by atoms with Gasteiger partial charge in [0.15, 0.2) is 5.69 Å². The van der Waals surface area contributed by atoms with Crippen molar-refractivity contribution in [2.24, 2.45) is 5.10 Å². The molecule has 0 aliphatic rings. The van der Waals surface area contributed by atoms with Crippen molar-refractivity contribution in [3.05, 3.63) is 74.9 Å². The molecule has 1 N–H and O–H groups in total. The van der Waals surface area contributed by atoms with E-state index in [0.717, 1.165) is 0 Å². The second-order valence-corrected chi connectivity index (χ2v) is 6.18. The maximum absolute atomic E-state index is 13.2. The fraction of sp³-hybridized carbons (Fsp3) is 0.158. The highest BCUT2D eigenvalue weighted by molar-refractivity contribution is 6.34. The monoisotopic (exact) mass is 386 g/mol. The van der Waals surface area contributed by atoms with Gasteiger partial charge in [0.05, 0.1) is 16.1 Å². The highest BCUT2D eigenvalue weighted by Gasteiger charge is 2.16. The maximum atomic E-state index is 13.2. The van der Waals surface area contributed by atoms with Gasteiger partial charge in [0.25, 0.3) is 11.5 Å². The molecule has 0 fully saturated rings. The topological polar surface area (TPSA) is 76.3 Å². The standard InChI is InChI=1S/C19H16ClFN4O2/c1-3-25-19(27)15-7-5-4-6-14(15)17(24-25)18(26)23-22-11(2)13-9-8-12(21)10-16(13)20/h4-10H,3H2,1-2H3,(H,23,26)/b22-11-. The number of nitrogens with one attached hydrogen (secondary N) is 1. The van der Waals surface area contributed by atoms with Crippen LogP contribution in [0.1, 0.15) is 29.9 Å². The van der Waals surface area contributed by atoms with E-state index in [-0.39, 0.29) is 16.3 Å². The van der Waals surface area contributed by atoms with E-state index in [2.05, 4.69) is 15.6 Å². The Labute approximate surface area is 159 Å². The Bertz CT molecular complexity index is 1120. The van der Waals surface area contributed by atoms with Crippen LogP contribution in [-0.4, -0.2) is 21.4 Å². The van der Waals surface area contributed by atoms with Crippen molar-refractivity contribution in [2.45, 2.75) is 20.4 Å². The molecule has 6 nitrogen and oxygen atoms in total. The van der Waals surface area contributed by atoms with Gasteiger partial charge in [-0.15, -0.1) is 0 Å². The first kappa shape index (κ1) is 18.7. The van der Waals surface area contributed by atoms with Gasteiger partial charge in [-0.25, -0.2) is 14.5 Å². The first-order chi connectivity index (χ1) is 12.9. The molecule has 1 heterocycles. The SMILES string of the molecule is CCn1nc(C(=O)N/N=C(/C)c2ccc(F)cc2Cl)c2ccccc2c1=O. The summed E-state index contributed by atoms with van der Waals surface area (Å²) in [6.45, 7) is 3.74. The smallest absolute Gasteiger partial charge is 0.267 e. The number of carbonyl (C=O) groups excluding carboxylic acids is 1. The predicted molar refractivity (Wildman–Crippen MR) is 103 cm³/mol. The van der Waals surface area contributed by atoms with Gasteiger partial charge in [0, 0.05) is 17.5 Å². The highest BCUT2D eigenvalue weighted by atomic mass is 35.5. The second-order valence-electron chi connectivity index (χ2n) is 5.78. The van der Waals surface area contributed by atoms with Gasteiger partial charge in [-0.3, -0.25) is 9.59 Å². The fourth-order valence-electron chi connectivity index (χ4n) is 2.65. The largest absolute Gasteiger partial charge is 0.292 e. The summed E-state index contributed by atoms with van der Waals surface area (Å²) in [6.07, 6.45) is 0. The number of rotatable bonds is 4. The minimum Gasteiger partial charge on any atom is -0.267 e. The van der Waals surface area contributed by atoms with E-state index >= 15 is 0 Å². The lowest BCUT2D eigenvalue weighted by Crippen LogP contribution is -2.28. The number of benzene rings is 2. The van der Waals surface area contributed by atoms with Gasteiger partial charge in [-0.1, -0.05) is 29.8 Å². The summed E-state index contributed by atoms with van der Waals surface area (Å²) in [4.78, 5) is 25.0. The molecule has 0 radical (unpaired) electrons. The number of nitrogens with zero attached hydrogens (tertiary/aromatic N) is 3. The molecule has 0 atom stereocenters. The van der Waals surface area contributed by atoms with Crippen LogP contribution in [0.5, 0.6) is 0 Å². The van der Waals surface area contributed by atoms with Crippen molar-refractivity contribution in [1.29, 1.82) is 0 Å². The number of fused-ring (bicyclic) bond motifs is 1. The van der Waals surface area contributed by atoms with E-state index in [9.17, 15) is 14.0 Å². The molecule has 0 saturated carbocycles. The zero-order valence-corrected chi connectivity index (χ0v) is 15.4. The maximum Gasteiger partial charge on any atom is 0.292 e. The second kappa shape index (κ2) is 7.67. The molecule has 2 aromatic carbocycles. The van der Waals surface area contributed by atoms with Gasteiger partial charge in [-0.2, -0.15) is 10.2 Å². The minimum absolute atomic E-state index is 0.0915. The molecule has 8 heteroatoms. The van der Waals surface area contributed by atoms with Crippen molar-refractivity contribution in [1.82, 2.24) is 15.2 Å². The third kappa shape index (κ3) is 3.73. The molecule has 0 aliphatic carbocycles. The molecule has 27 heavy (non-hydrogen) atoms. The molecule has 1 amide bonds. The Morgan fingerprint density at radius 3 is 2.63 bits per heavy atom. The van der Waals surface area contributed by atoms with Crippen LogP contribution in [-0.2, 0) is 6.54 Å². The number of hydrogen-bond acceptors (Lipinski definition) is 4. The molecule has 0 aliphatic heterocycles. The van der Waals surface area contributed by atoms with E-state index in [1.807, 2.05) is 0 Å². The number of aryl methyl sites for hydroxylation is 1. The molecule has 0 spiro atoms. The van der Waals surface area contributed by atoms with Gasteiger partial charge < -0.3 is 0 Å². The first-order valence-corrected chi connectivity index (χ1v) is 8.60. The van der Waals surface area contributed by atoms with Crippen LogP contribution < -0.4 is 11.0 Å². The molecule has 0 bridgehead atoms. The van der Waals surface area contributed by atoms with E-state index in [1.54, 1.807) is 38.1 Å². The molecule has 0 saturated heterocycles. The lowest BCUT2D eigenvalue weighted by Gasteiger charge is -2.09. The summed E-state index contributed by atoms with van der Waals surface area (Å²) < 4.78 is 14.4. The van der Waals surface area contributed by atoms with Gasteiger partial charge in [0.2, 0.25) is 0 Å².